The van der Waals surface area contributed by atoms with Crippen molar-refractivity contribution >= 4 is 46.3 Å². The summed E-state index contributed by atoms with van der Waals surface area (Å²) in [6.07, 6.45) is 1.59. The van der Waals surface area contributed by atoms with Gasteiger partial charge in [0, 0.05) is 31.8 Å². The van der Waals surface area contributed by atoms with Crippen molar-refractivity contribution in [1.29, 1.82) is 0 Å². The molecule has 0 aromatic heterocycles. The Morgan fingerprint density at radius 2 is 2.00 bits per heavy atom. The normalized spacial score (nSPS) is 15.8. The summed E-state index contributed by atoms with van der Waals surface area (Å²) in [6, 6.07) is 9.23. The molecule has 0 radical (unpaired) electrons. The minimum atomic E-state index is -0.588. The largest absolute Gasteiger partial charge is 0.454 e. The topological polar surface area (TPSA) is 140 Å². The van der Waals surface area contributed by atoms with Gasteiger partial charge >= 0.3 is 0 Å². The van der Waals surface area contributed by atoms with Crippen LogP contribution in [0, 0.1) is 10.1 Å². The van der Waals surface area contributed by atoms with Gasteiger partial charge in [0.25, 0.3) is 22.7 Å². The molecular weight excluding hydrogens is 452 g/mol. The van der Waals surface area contributed by atoms with Crippen molar-refractivity contribution in [3.63, 3.8) is 0 Å². The van der Waals surface area contributed by atoms with E-state index in [1.54, 1.807) is 31.3 Å². The molecule has 2 aromatic carbocycles. The number of amides is 3. The Morgan fingerprint density at radius 3 is 2.76 bits per heavy atom. The number of carbonyl (C=O) groups is 3. The molecule has 3 amide bonds. The predicted octanol–water partition coefficient (Wildman–Crippen LogP) is 2.83. The maximum atomic E-state index is 12.7. The molecule has 0 aliphatic carbocycles. The molecule has 0 atom stereocenters. The monoisotopic (exact) mass is 470 g/mol. The Morgan fingerprint density at radius 1 is 1.21 bits per heavy atom. The third kappa shape index (κ3) is 4.60. The summed E-state index contributed by atoms with van der Waals surface area (Å²) < 4.78 is 10.6. The number of thioether (sulfide) groups is 1. The molecule has 0 saturated carbocycles. The lowest BCUT2D eigenvalue weighted by molar-refractivity contribution is -0.384. The van der Waals surface area contributed by atoms with E-state index >= 15 is 0 Å². The molecular formula is C21H18N4O7S. The standard InChI is InChI=1S/C21H18N4O7S/c1-22-14-4-3-13(10-15(14)25(29)30)19(26)23-6-7-24-20(27)18(33-21(24)28)9-12-2-5-16-17(8-12)32-11-31-16/h2-5,8-10,22H,6-7,11H2,1H3,(H,23,26)/b18-9+. The first kappa shape index (κ1) is 22.1. The molecule has 0 spiro atoms. The minimum Gasteiger partial charge on any atom is -0.454 e. The average Bonchev–Trinajstić information content (AvgIpc) is 3.37. The first-order chi connectivity index (χ1) is 15.9. The van der Waals surface area contributed by atoms with E-state index in [4.69, 9.17) is 9.47 Å². The van der Waals surface area contributed by atoms with Gasteiger partial charge in [0.15, 0.2) is 11.5 Å². The summed E-state index contributed by atoms with van der Waals surface area (Å²) >= 11 is 0.806. The molecule has 0 bridgehead atoms. The Hall–Kier alpha value is -4.06. The fraction of sp³-hybridized carbons (Fsp3) is 0.190. The van der Waals surface area contributed by atoms with Crippen molar-refractivity contribution in [3.8, 4) is 11.5 Å². The number of imide groups is 1. The van der Waals surface area contributed by atoms with Crippen molar-refractivity contribution in [1.82, 2.24) is 10.2 Å². The van der Waals surface area contributed by atoms with Gasteiger partial charge in [-0.1, -0.05) is 6.07 Å². The van der Waals surface area contributed by atoms with Gasteiger partial charge < -0.3 is 20.1 Å². The van der Waals surface area contributed by atoms with E-state index < -0.39 is 22.0 Å². The third-order valence-electron chi connectivity index (χ3n) is 4.91. The highest BCUT2D eigenvalue weighted by Crippen LogP contribution is 2.36. The number of nitro benzene ring substituents is 1. The average molecular weight is 470 g/mol. The van der Waals surface area contributed by atoms with Crippen molar-refractivity contribution < 1.29 is 28.8 Å². The van der Waals surface area contributed by atoms with Gasteiger partial charge in [-0.3, -0.25) is 29.4 Å². The quantitative estimate of drug-likeness (QED) is 0.355. The number of carbonyl (C=O) groups excluding carboxylic acids is 3. The fourth-order valence-electron chi connectivity index (χ4n) is 3.27. The minimum absolute atomic E-state index is 0.00421. The molecule has 2 aromatic rings. The Balaban J connectivity index is 1.37. The maximum Gasteiger partial charge on any atom is 0.293 e. The van der Waals surface area contributed by atoms with E-state index in [0.717, 1.165) is 22.7 Å². The Bertz CT molecular complexity index is 1200. The van der Waals surface area contributed by atoms with Crippen LogP contribution in [0.2, 0.25) is 0 Å². The SMILES string of the molecule is CNc1ccc(C(=O)NCCN2C(=O)S/C(=C/c3ccc4c(c3)OCO4)C2=O)cc1[N+](=O)[O-]. The van der Waals surface area contributed by atoms with Gasteiger partial charge in [0.05, 0.1) is 9.83 Å². The number of nitro groups is 1. The summed E-state index contributed by atoms with van der Waals surface area (Å²) in [4.78, 5) is 49.2. The lowest BCUT2D eigenvalue weighted by Crippen LogP contribution is -2.37. The van der Waals surface area contributed by atoms with Gasteiger partial charge in [-0.05, 0) is 47.7 Å². The zero-order chi connectivity index (χ0) is 23.5. The first-order valence-corrected chi connectivity index (χ1v) is 10.6. The lowest BCUT2D eigenvalue weighted by Gasteiger charge is -2.13. The van der Waals surface area contributed by atoms with E-state index in [0.29, 0.717) is 17.1 Å². The zero-order valence-corrected chi connectivity index (χ0v) is 18.1. The molecule has 2 aliphatic rings. The molecule has 4 rings (SSSR count). The van der Waals surface area contributed by atoms with E-state index in [1.807, 2.05) is 0 Å². The van der Waals surface area contributed by atoms with Crippen LogP contribution in [0.4, 0.5) is 16.2 Å². The summed E-state index contributed by atoms with van der Waals surface area (Å²) in [7, 11) is 1.54. The molecule has 12 heteroatoms. The summed E-state index contributed by atoms with van der Waals surface area (Å²) in [6.45, 7) is 0.0926. The number of ether oxygens (including phenoxy) is 2. The molecule has 2 N–H and O–H groups in total. The second-order valence-corrected chi connectivity index (χ2v) is 7.93. The number of nitrogens with zero attached hydrogens (tertiary/aromatic N) is 2. The number of anilines is 1. The fourth-order valence-corrected chi connectivity index (χ4v) is 4.13. The number of rotatable bonds is 7. The smallest absolute Gasteiger partial charge is 0.293 e. The van der Waals surface area contributed by atoms with Crippen molar-refractivity contribution in [2.75, 3.05) is 32.2 Å². The molecule has 0 unspecified atom stereocenters. The number of hydrogen-bond acceptors (Lipinski definition) is 9. The molecule has 33 heavy (non-hydrogen) atoms. The third-order valence-corrected chi connectivity index (χ3v) is 5.82. The van der Waals surface area contributed by atoms with Crippen LogP contribution in [0.3, 0.4) is 0 Å². The Kier molecular flexibility index (Phi) is 6.18. The van der Waals surface area contributed by atoms with Gasteiger partial charge in [-0.15, -0.1) is 0 Å². The second-order valence-electron chi connectivity index (χ2n) is 6.94. The van der Waals surface area contributed by atoms with Crippen LogP contribution in [-0.2, 0) is 4.79 Å². The van der Waals surface area contributed by atoms with Crippen molar-refractivity contribution in [3.05, 3.63) is 62.5 Å². The summed E-state index contributed by atoms with van der Waals surface area (Å²) in [5, 5.41) is 16.0. The molecule has 1 saturated heterocycles. The lowest BCUT2D eigenvalue weighted by atomic mass is 10.1. The predicted molar refractivity (Wildman–Crippen MR) is 120 cm³/mol. The second kappa shape index (κ2) is 9.20. The highest BCUT2D eigenvalue weighted by Gasteiger charge is 2.34. The van der Waals surface area contributed by atoms with E-state index in [9.17, 15) is 24.5 Å². The highest BCUT2D eigenvalue weighted by molar-refractivity contribution is 8.18. The highest BCUT2D eigenvalue weighted by atomic mass is 32.2. The van der Waals surface area contributed by atoms with Crippen molar-refractivity contribution in [2.24, 2.45) is 0 Å². The number of benzene rings is 2. The molecule has 2 aliphatic heterocycles. The maximum absolute atomic E-state index is 12.7. The van der Waals surface area contributed by atoms with Crippen LogP contribution >= 0.6 is 11.8 Å². The van der Waals surface area contributed by atoms with Crippen molar-refractivity contribution in [2.45, 2.75) is 0 Å². The van der Waals surface area contributed by atoms with Crippen LogP contribution in [0.1, 0.15) is 15.9 Å². The van der Waals surface area contributed by atoms with Crippen LogP contribution in [0.25, 0.3) is 6.08 Å². The van der Waals surface area contributed by atoms with E-state index in [2.05, 4.69) is 10.6 Å². The molecule has 2 heterocycles. The van der Waals surface area contributed by atoms with Gasteiger partial charge in [0.2, 0.25) is 6.79 Å². The molecule has 1 fully saturated rings. The van der Waals surface area contributed by atoms with E-state index in [1.165, 1.54) is 12.1 Å². The van der Waals surface area contributed by atoms with Crippen LogP contribution in [0.15, 0.2) is 41.3 Å². The zero-order valence-electron chi connectivity index (χ0n) is 17.3. The van der Waals surface area contributed by atoms with Crippen LogP contribution in [-0.4, -0.2) is 53.8 Å². The van der Waals surface area contributed by atoms with Gasteiger partial charge in [-0.25, -0.2) is 0 Å². The number of nitrogens with one attached hydrogen (secondary N) is 2. The van der Waals surface area contributed by atoms with Gasteiger partial charge in [0.1, 0.15) is 5.69 Å². The van der Waals surface area contributed by atoms with Gasteiger partial charge in [-0.2, -0.15) is 0 Å². The van der Waals surface area contributed by atoms with Crippen LogP contribution in [0.5, 0.6) is 11.5 Å². The molecule has 170 valence electrons. The number of hydrogen-bond donors (Lipinski definition) is 2. The van der Waals surface area contributed by atoms with E-state index in [-0.39, 0.29) is 41.7 Å². The van der Waals surface area contributed by atoms with Crippen LogP contribution < -0.4 is 20.1 Å². The molecule has 11 nitrogen and oxygen atoms in total. The summed E-state index contributed by atoms with van der Waals surface area (Å²) in [5.41, 5.74) is 0.829. The summed E-state index contributed by atoms with van der Waals surface area (Å²) in [5.74, 6) is 0.158. The Labute approximate surface area is 191 Å². The number of fused-ring (bicyclic) bond motifs is 1. The first-order valence-electron chi connectivity index (χ1n) is 9.77.